The van der Waals surface area contributed by atoms with E-state index in [9.17, 15) is 27.6 Å². The highest BCUT2D eigenvalue weighted by Gasteiger charge is 2.38. The standard InChI is InChI=1S/C22H16F3N5O3/c1-11(31)29-5-7-30(8-6-29)16-10-15-14(9-13(16)22(23,24)25)27-18-19(28-15)21(33)17-12(20(18)32)3-2-4-26-17/h2-4,9-10H,5-8H2,1H3. The van der Waals surface area contributed by atoms with Crippen LogP contribution in [-0.4, -0.2) is 63.5 Å². The van der Waals surface area contributed by atoms with Crippen molar-refractivity contribution in [2.45, 2.75) is 13.1 Å². The summed E-state index contributed by atoms with van der Waals surface area (Å²) in [6.45, 7) is 2.41. The molecule has 0 radical (unpaired) electrons. The van der Waals surface area contributed by atoms with E-state index in [2.05, 4.69) is 15.0 Å². The van der Waals surface area contributed by atoms with Crippen LogP contribution in [0.3, 0.4) is 0 Å². The number of amides is 1. The van der Waals surface area contributed by atoms with Crippen LogP contribution in [0.1, 0.15) is 44.7 Å². The predicted octanol–water partition coefficient (Wildman–Crippen LogP) is 2.49. The van der Waals surface area contributed by atoms with Gasteiger partial charge in [0.2, 0.25) is 17.5 Å². The van der Waals surface area contributed by atoms with Crippen molar-refractivity contribution in [2.75, 3.05) is 31.1 Å². The molecule has 3 heterocycles. The van der Waals surface area contributed by atoms with Crippen LogP contribution in [-0.2, 0) is 11.0 Å². The van der Waals surface area contributed by atoms with Gasteiger partial charge in [-0.3, -0.25) is 19.4 Å². The molecule has 1 aliphatic heterocycles. The smallest absolute Gasteiger partial charge is 0.367 e. The van der Waals surface area contributed by atoms with Crippen LogP contribution in [0, 0.1) is 0 Å². The monoisotopic (exact) mass is 455 g/mol. The third kappa shape index (κ3) is 3.40. The average Bonchev–Trinajstić information content (AvgIpc) is 2.80. The van der Waals surface area contributed by atoms with E-state index < -0.39 is 23.3 Å². The maximum atomic E-state index is 13.9. The molecule has 0 saturated carbocycles. The van der Waals surface area contributed by atoms with E-state index in [4.69, 9.17) is 0 Å². The summed E-state index contributed by atoms with van der Waals surface area (Å²) in [6, 6.07) is 5.00. The number of benzene rings is 1. The Balaban J connectivity index is 1.65. The highest BCUT2D eigenvalue weighted by Crippen LogP contribution is 2.39. The molecule has 0 bridgehead atoms. The molecule has 1 aromatic carbocycles. The molecule has 0 N–H and O–H groups in total. The van der Waals surface area contributed by atoms with Gasteiger partial charge in [0, 0.05) is 39.3 Å². The highest BCUT2D eigenvalue weighted by atomic mass is 19.4. The number of pyridine rings is 1. The predicted molar refractivity (Wildman–Crippen MR) is 110 cm³/mol. The van der Waals surface area contributed by atoms with Gasteiger partial charge >= 0.3 is 6.18 Å². The van der Waals surface area contributed by atoms with Crippen molar-refractivity contribution >= 4 is 34.2 Å². The molecule has 0 atom stereocenters. The van der Waals surface area contributed by atoms with Gasteiger partial charge in [-0.15, -0.1) is 0 Å². The fraction of sp³-hybridized carbons (Fsp3) is 0.273. The fourth-order valence-electron chi connectivity index (χ4n) is 4.17. The van der Waals surface area contributed by atoms with Gasteiger partial charge in [0.25, 0.3) is 0 Å². The fourth-order valence-corrected chi connectivity index (χ4v) is 4.17. The topological polar surface area (TPSA) is 96.4 Å². The molecule has 1 fully saturated rings. The van der Waals surface area contributed by atoms with Gasteiger partial charge in [0.05, 0.1) is 27.8 Å². The van der Waals surface area contributed by atoms with E-state index in [1.165, 1.54) is 36.2 Å². The minimum absolute atomic E-state index is 0.0413. The summed E-state index contributed by atoms with van der Waals surface area (Å²) in [5, 5.41) is 0. The first-order chi connectivity index (χ1) is 15.6. The molecule has 1 amide bonds. The number of hydrogen-bond acceptors (Lipinski definition) is 7. The number of hydrogen-bond donors (Lipinski definition) is 0. The lowest BCUT2D eigenvalue weighted by Crippen LogP contribution is -2.48. The number of aromatic nitrogens is 3. The van der Waals surface area contributed by atoms with Crippen molar-refractivity contribution in [3.05, 3.63) is 58.7 Å². The Labute approximate surface area is 185 Å². The maximum Gasteiger partial charge on any atom is 0.418 e. The van der Waals surface area contributed by atoms with E-state index in [0.29, 0.717) is 0 Å². The number of nitrogens with zero attached hydrogens (tertiary/aromatic N) is 5. The number of carbonyl (C=O) groups excluding carboxylic acids is 3. The molecule has 2 aliphatic rings. The van der Waals surface area contributed by atoms with Crippen LogP contribution in [0.25, 0.3) is 11.0 Å². The number of rotatable bonds is 1. The number of halogens is 3. The molecule has 5 rings (SSSR count). The van der Waals surface area contributed by atoms with Crippen LogP contribution in [0.15, 0.2) is 30.5 Å². The second-order valence-electron chi connectivity index (χ2n) is 7.83. The van der Waals surface area contributed by atoms with Gasteiger partial charge in [0.15, 0.2) is 0 Å². The molecule has 8 nitrogen and oxygen atoms in total. The number of anilines is 1. The summed E-state index contributed by atoms with van der Waals surface area (Å²) >= 11 is 0. The van der Waals surface area contributed by atoms with Crippen molar-refractivity contribution in [1.29, 1.82) is 0 Å². The van der Waals surface area contributed by atoms with E-state index in [1.807, 2.05) is 0 Å². The molecule has 3 aromatic rings. The zero-order valence-corrected chi connectivity index (χ0v) is 17.3. The molecule has 1 aliphatic carbocycles. The summed E-state index contributed by atoms with van der Waals surface area (Å²) < 4.78 is 41.8. The van der Waals surface area contributed by atoms with Crippen LogP contribution in [0.5, 0.6) is 0 Å². The second-order valence-corrected chi connectivity index (χ2v) is 7.83. The first kappa shape index (κ1) is 21.0. The van der Waals surface area contributed by atoms with Gasteiger partial charge in [0.1, 0.15) is 17.1 Å². The van der Waals surface area contributed by atoms with Crippen LogP contribution in [0.2, 0.25) is 0 Å². The van der Waals surface area contributed by atoms with Crippen LogP contribution < -0.4 is 4.90 Å². The number of carbonyl (C=O) groups is 3. The van der Waals surface area contributed by atoms with Crippen molar-refractivity contribution in [3.63, 3.8) is 0 Å². The van der Waals surface area contributed by atoms with E-state index in [-0.39, 0.29) is 71.5 Å². The normalized spacial score (nSPS) is 16.1. The Hall–Kier alpha value is -3.89. The minimum Gasteiger partial charge on any atom is -0.367 e. The Bertz CT molecular complexity index is 1350. The largest absolute Gasteiger partial charge is 0.418 e. The van der Waals surface area contributed by atoms with Crippen molar-refractivity contribution < 1.29 is 27.6 Å². The van der Waals surface area contributed by atoms with E-state index in [1.54, 1.807) is 4.90 Å². The molecular weight excluding hydrogens is 439 g/mol. The summed E-state index contributed by atoms with van der Waals surface area (Å²) in [4.78, 5) is 52.7. The summed E-state index contributed by atoms with van der Waals surface area (Å²) in [7, 11) is 0. The Kier molecular flexibility index (Phi) is 4.66. The lowest BCUT2D eigenvalue weighted by molar-refractivity contribution is -0.137. The van der Waals surface area contributed by atoms with E-state index >= 15 is 0 Å². The summed E-state index contributed by atoms with van der Waals surface area (Å²) in [5.41, 5.74) is -1.64. The SMILES string of the molecule is CC(=O)N1CCN(c2cc3nc4c(nc3cc2C(F)(F)F)C(=O)c2cccnc2C4=O)CC1. The van der Waals surface area contributed by atoms with Gasteiger partial charge in [-0.2, -0.15) is 13.2 Å². The molecule has 33 heavy (non-hydrogen) atoms. The van der Waals surface area contributed by atoms with Crippen molar-refractivity contribution in [2.24, 2.45) is 0 Å². The second kappa shape index (κ2) is 7.32. The van der Waals surface area contributed by atoms with Crippen molar-refractivity contribution in [1.82, 2.24) is 19.9 Å². The third-order valence-electron chi connectivity index (χ3n) is 5.85. The minimum atomic E-state index is -4.69. The lowest BCUT2D eigenvalue weighted by Gasteiger charge is -2.36. The van der Waals surface area contributed by atoms with E-state index in [0.717, 1.165) is 6.07 Å². The Morgan fingerprint density at radius 1 is 0.939 bits per heavy atom. The lowest BCUT2D eigenvalue weighted by atomic mass is 9.93. The summed E-state index contributed by atoms with van der Waals surface area (Å²) in [5.74, 6) is -1.36. The number of alkyl halides is 3. The summed E-state index contributed by atoms with van der Waals surface area (Å²) in [6.07, 6.45) is -3.31. The number of piperazine rings is 1. The van der Waals surface area contributed by atoms with Gasteiger partial charge < -0.3 is 9.80 Å². The quantitative estimate of drug-likeness (QED) is 0.435. The molecular formula is C22H16F3N5O3. The molecule has 2 aromatic heterocycles. The molecule has 11 heteroatoms. The third-order valence-corrected chi connectivity index (χ3v) is 5.85. The maximum absolute atomic E-state index is 13.9. The number of fused-ring (bicyclic) bond motifs is 3. The number of ketones is 2. The highest BCUT2D eigenvalue weighted by molar-refractivity contribution is 6.26. The molecule has 1 saturated heterocycles. The first-order valence-corrected chi connectivity index (χ1v) is 10.1. The zero-order valence-electron chi connectivity index (χ0n) is 17.3. The molecule has 168 valence electrons. The Morgan fingerprint density at radius 2 is 1.58 bits per heavy atom. The van der Waals surface area contributed by atoms with Crippen LogP contribution >= 0.6 is 0 Å². The van der Waals surface area contributed by atoms with Gasteiger partial charge in [-0.05, 0) is 24.3 Å². The zero-order chi connectivity index (χ0) is 23.5. The van der Waals surface area contributed by atoms with Crippen molar-refractivity contribution in [3.8, 4) is 0 Å². The molecule has 0 unspecified atom stereocenters. The average molecular weight is 455 g/mol. The first-order valence-electron chi connectivity index (χ1n) is 10.1. The van der Waals surface area contributed by atoms with Gasteiger partial charge in [-0.1, -0.05) is 0 Å². The Morgan fingerprint density at radius 3 is 2.21 bits per heavy atom. The van der Waals surface area contributed by atoms with Crippen LogP contribution in [0.4, 0.5) is 18.9 Å². The molecule has 0 spiro atoms. The van der Waals surface area contributed by atoms with Gasteiger partial charge in [-0.25, -0.2) is 9.97 Å².